The smallest absolute Gasteiger partial charge is 0.144 e. The van der Waals surface area contributed by atoms with E-state index in [0.29, 0.717) is 0 Å². The van der Waals surface area contributed by atoms with Gasteiger partial charge in [0.05, 0.1) is 18.1 Å². The maximum atomic E-state index is 4.48. The van der Waals surface area contributed by atoms with Gasteiger partial charge in [0.25, 0.3) is 0 Å². The van der Waals surface area contributed by atoms with E-state index in [4.69, 9.17) is 0 Å². The van der Waals surface area contributed by atoms with Crippen molar-refractivity contribution in [3.05, 3.63) is 18.1 Å². The molecule has 0 radical (unpaired) electrons. The van der Waals surface area contributed by atoms with Crippen LogP contribution in [0.3, 0.4) is 0 Å². The molecular weight excluding hydrogens is 250 g/mol. The Morgan fingerprint density at radius 3 is 2.55 bits per heavy atom. The number of nitrogens with one attached hydrogen (secondary N) is 1. The molecule has 1 N–H and O–H groups in total. The van der Waals surface area contributed by atoms with E-state index < -0.39 is 0 Å². The molecule has 1 aromatic rings. The van der Waals surface area contributed by atoms with Crippen molar-refractivity contribution in [3.63, 3.8) is 0 Å². The van der Waals surface area contributed by atoms with E-state index in [0.717, 1.165) is 30.5 Å². The summed E-state index contributed by atoms with van der Waals surface area (Å²) in [7, 11) is 4.32. The third-order valence-electron chi connectivity index (χ3n) is 3.78. The molecule has 0 atom stereocenters. The molecule has 2 heterocycles. The van der Waals surface area contributed by atoms with Crippen molar-refractivity contribution in [2.75, 3.05) is 45.6 Å². The molecule has 0 aliphatic carbocycles. The zero-order valence-corrected chi connectivity index (χ0v) is 13.0. The van der Waals surface area contributed by atoms with E-state index >= 15 is 0 Å². The zero-order chi connectivity index (χ0) is 14.4. The number of likely N-dealkylation sites (tertiary alicyclic amines) is 1. The highest BCUT2D eigenvalue weighted by Gasteiger charge is 2.19. The van der Waals surface area contributed by atoms with Crippen LogP contribution in [0, 0.1) is 5.92 Å². The lowest BCUT2D eigenvalue weighted by Crippen LogP contribution is -2.36. The van der Waals surface area contributed by atoms with Crippen LogP contribution in [0.25, 0.3) is 0 Å². The second-order valence-corrected chi connectivity index (χ2v) is 5.91. The SMILES string of the molecule is CCNc1cnc(CN2CCC(CN(C)C)CC2)cn1. The number of rotatable bonds is 6. The highest BCUT2D eigenvalue weighted by atomic mass is 15.1. The summed E-state index contributed by atoms with van der Waals surface area (Å²) >= 11 is 0. The van der Waals surface area contributed by atoms with Gasteiger partial charge in [0.15, 0.2) is 0 Å². The van der Waals surface area contributed by atoms with Gasteiger partial charge < -0.3 is 10.2 Å². The summed E-state index contributed by atoms with van der Waals surface area (Å²) in [5.41, 5.74) is 1.07. The molecule has 1 aliphatic rings. The summed E-state index contributed by atoms with van der Waals surface area (Å²) in [5.74, 6) is 1.71. The Kier molecular flexibility index (Phi) is 5.73. The Labute approximate surface area is 122 Å². The molecular formula is C15H27N5. The van der Waals surface area contributed by atoms with E-state index in [9.17, 15) is 0 Å². The molecule has 0 spiro atoms. The van der Waals surface area contributed by atoms with Crippen LogP contribution in [0.4, 0.5) is 5.82 Å². The number of hydrogen-bond acceptors (Lipinski definition) is 5. The summed E-state index contributed by atoms with van der Waals surface area (Å²) in [6.07, 6.45) is 6.31. The fourth-order valence-electron chi connectivity index (χ4n) is 2.78. The average Bonchev–Trinajstić information content (AvgIpc) is 2.43. The molecule has 1 saturated heterocycles. The van der Waals surface area contributed by atoms with Crippen LogP contribution in [0.1, 0.15) is 25.5 Å². The second-order valence-electron chi connectivity index (χ2n) is 5.91. The monoisotopic (exact) mass is 277 g/mol. The van der Waals surface area contributed by atoms with Gasteiger partial charge in [0.1, 0.15) is 5.82 Å². The highest BCUT2D eigenvalue weighted by molar-refractivity contribution is 5.30. The molecule has 0 saturated carbocycles. The molecule has 0 aromatic carbocycles. The quantitative estimate of drug-likeness (QED) is 0.857. The number of hydrogen-bond donors (Lipinski definition) is 1. The van der Waals surface area contributed by atoms with Crippen molar-refractivity contribution in [2.45, 2.75) is 26.3 Å². The molecule has 20 heavy (non-hydrogen) atoms. The van der Waals surface area contributed by atoms with Crippen LogP contribution >= 0.6 is 0 Å². The van der Waals surface area contributed by atoms with Gasteiger partial charge in [-0.1, -0.05) is 0 Å². The van der Waals surface area contributed by atoms with Gasteiger partial charge in [-0.05, 0) is 52.9 Å². The number of piperidine rings is 1. The minimum Gasteiger partial charge on any atom is -0.369 e. The lowest BCUT2D eigenvalue weighted by molar-refractivity contribution is 0.155. The van der Waals surface area contributed by atoms with Crippen molar-refractivity contribution in [3.8, 4) is 0 Å². The molecule has 1 aromatic heterocycles. The fourth-order valence-corrected chi connectivity index (χ4v) is 2.78. The van der Waals surface area contributed by atoms with Crippen LogP contribution in [-0.4, -0.2) is 60.0 Å². The van der Waals surface area contributed by atoms with Gasteiger partial charge in [0.2, 0.25) is 0 Å². The summed E-state index contributed by atoms with van der Waals surface area (Å²) < 4.78 is 0. The molecule has 1 fully saturated rings. The number of anilines is 1. The van der Waals surface area contributed by atoms with Crippen LogP contribution < -0.4 is 5.32 Å². The largest absolute Gasteiger partial charge is 0.369 e. The van der Waals surface area contributed by atoms with E-state index in [1.807, 2.05) is 12.4 Å². The van der Waals surface area contributed by atoms with Crippen molar-refractivity contribution in [1.29, 1.82) is 0 Å². The predicted molar refractivity (Wildman–Crippen MR) is 82.8 cm³/mol. The van der Waals surface area contributed by atoms with Crippen molar-refractivity contribution in [1.82, 2.24) is 19.8 Å². The second kappa shape index (κ2) is 7.55. The van der Waals surface area contributed by atoms with E-state index in [-0.39, 0.29) is 0 Å². The molecule has 1 aliphatic heterocycles. The molecule has 5 heteroatoms. The average molecular weight is 277 g/mol. The third kappa shape index (κ3) is 4.72. The minimum absolute atomic E-state index is 0.850. The number of nitrogens with zero attached hydrogens (tertiary/aromatic N) is 4. The molecule has 5 nitrogen and oxygen atoms in total. The van der Waals surface area contributed by atoms with E-state index in [2.05, 4.69) is 46.1 Å². The minimum atomic E-state index is 0.850. The molecule has 0 amide bonds. The van der Waals surface area contributed by atoms with Crippen LogP contribution in [0.2, 0.25) is 0 Å². The van der Waals surface area contributed by atoms with Gasteiger partial charge >= 0.3 is 0 Å². The Morgan fingerprint density at radius 1 is 1.25 bits per heavy atom. The Morgan fingerprint density at radius 2 is 2.00 bits per heavy atom. The zero-order valence-electron chi connectivity index (χ0n) is 13.0. The van der Waals surface area contributed by atoms with Crippen LogP contribution in [0.5, 0.6) is 0 Å². The van der Waals surface area contributed by atoms with Gasteiger partial charge in [0, 0.05) is 19.6 Å². The first kappa shape index (κ1) is 15.2. The van der Waals surface area contributed by atoms with Gasteiger partial charge in [-0.15, -0.1) is 0 Å². The van der Waals surface area contributed by atoms with Crippen molar-refractivity contribution >= 4 is 5.82 Å². The standard InChI is InChI=1S/C15H27N5/c1-4-16-15-10-17-14(9-18-15)12-20-7-5-13(6-8-20)11-19(2)3/h9-10,13H,4-8,11-12H2,1-3H3,(H,16,18). The summed E-state index contributed by atoms with van der Waals surface area (Å²) in [5, 5.41) is 3.17. The predicted octanol–water partition coefficient (Wildman–Crippen LogP) is 1.68. The molecule has 0 bridgehead atoms. The highest BCUT2D eigenvalue weighted by Crippen LogP contribution is 2.19. The Hall–Kier alpha value is -1.20. The maximum Gasteiger partial charge on any atom is 0.144 e. The molecule has 112 valence electrons. The fraction of sp³-hybridized carbons (Fsp3) is 0.733. The van der Waals surface area contributed by atoms with Crippen LogP contribution in [-0.2, 0) is 6.54 Å². The van der Waals surface area contributed by atoms with Gasteiger partial charge in [-0.25, -0.2) is 4.98 Å². The summed E-state index contributed by atoms with van der Waals surface area (Å²) in [6.45, 7) is 7.43. The Balaban J connectivity index is 1.77. The first-order valence-corrected chi connectivity index (χ1v) is 7.59. The van der Waals surface area contributed by atoms with E-state index in [1.165, 1.54) is 32.5 Å². The first-order chi connectivity index (χ1) is 9.67. The maximum absolute atomic E-state index is 4.48. The lowest BCUT2D eigenvalue weighted by Gasteiger charge is -2.32. The van der Waals surface area contributed by atoms with Crippen molar-refractivity contribution < 1.29 is 0 Å². The third-order valence-corrected chi connectivity index (χ3v) is 3.78. The summed E-state index contributed by atoms with van der Waals surface area (Å²) in [6, 6.07) is 0. The Bertz CT molecular complexity index is 382. The van der Waals surface area contributed by atoms with Gasteiger partial charge in [-0.3, -0.25) is 9.88 Å². The van der Waals surface area contributed by atoms with Crippen LogP contribution in [0.15, 0.2) is 12.4 Å². The van der Waals surface area contributed by atoms with Gasteiger partial charge in [-0.2, -0.15) is 0 Å². The van der Waals surface area contributed by atoms with E-state index in [1.54, 1.807) is 0 Å². The first-order valence-electron chi connectivity index (χ1n) is 7.59. The topological polar surface area (TPSA) is 44.3 Å². The number of aromatic nitrogens is 2. The van der Waals surface area contributed by atoms with Crippen molar-refractivity contribution in [2.24, 2.45) is 5.92 Å². The lowest BCUT2D eigenvalue weighted by atomic mass is 9.96. The summed E-state index contributed by atoms with van der Waals surface area (Å²) in [4.78, 5) is 13.7. The molecule has 0 unspecified atom stereocenters. The molecule has 2 rings (SSSR count). The normalized spacial score (nSPS) is 17.6.